The van der Waals surface area contributed by atoms with Gasteiger partial charge in [0, 0.05) is 123 Å². The molecule has 4 aliphatic rings. The van der Waals surface area contributed by atoms with Crippen LogP contribution in [0.3, 0.4) is 0 Å². The molecule has 0 bridgehead atoms. The minimum absolute atomic E-state index is 0.0216. The van der Waals surface area contributed by atoms with Crippen molar-refractivity contribution in [3.05, 3.63) is 112 Å². The quantitative estimate of drug-likeness (QED) is 0.150. The van der Waals surface area contributed by atoms with Gasteiger partial charge in [0.1, 0.15) is 5.52 Å². The summed E-state index contributed by atoms with van der Waals surface area (Å²) in [4.78, 5) is 77.8. The van der Waals surface area contributed by atoms with Gasteiger partial charge in [-0.3, -0.25) is 34.5 Å². The Kier molecular flexibility index (Phi) is 11.4. The lowest BCUT2D eigenvalue weighted by molar-refractivity contribution is -0.120. The highest BCUT2D eigenvalue weighted by Gasteiger charge is 2.44. The van der Waals surface area contributed by atoms with E-state index in [1.807, 2.05) is 60.5 Å². The Morgan fingerprint density at radius 3 is 2.50 bits per heavy atom. The number of anilines is 2. The SMILES string of the molecule is Cc1ccc(C(=O)N2C[C@H](C)N(CC3CCN(c4nc(C(CO)(OC5CC5)c5cccnc5)c5cc(-c6cn(C)c(=O)c7[nH]ccc67)ccc5n4)CC3)C[C@H]2C)cc1N1CCC(=O)NC1=O. The molecule has 4 fully saturated rings. The van der Waals surface area contributed by atoms with Crippen LogP contribution in [0.5, 0.6) is 0 Å². The van der Waals surface area contributed by atoms with Crippen LogP contribution in [0.2, 0.25) is 0 Å². The molecule has 4 amide bonds. The number of piperazine rings is 1. The van der Waals surface area contributed by atoms with E-state index in [0.717, 1.165) is 84.8 Å². The number of aromatic amines is 1. The van der Waals surface area contributed by atoms with E-state index in [-0.39, 0.29) is 55.1 Å². The van der Waals surface area contributed by atoms with Crippen LogP contribution >= 0.6 is 0 Å². The number of benzene rings is 2. The average molecular weight is 893 g/mol. The van der Waals surface area contributed by atoms with Gasteiger partial charge >= 0.3 is 6.03 Å². The lowest BCUT2D eigenvalue weighted by Gasteiger charge is -2.46. The van der Waals surface area contributed by atoms with E-state index in [2.05, 4.69) is 45.0 Å². The molecule has 66 heavy (non-hydrogen) atoms. The average Bonchev–Trinajstić information content (AvgIpc) is 4.01. The maximum Gasteiger partial charge on any atom is 0.328 e. The van der Waals surface area contributed by atoms with Gasteiger partial charge in [0.05, 0.1) is 23.9 Å². The van der Waals surface area contributed by atoms with E-state index in [4.69, 9.17) is 14.7 Å². The van der Waals surface area contributed by atoms with Gasteiger partial charge in [-0.15, -0.1) is 0 Å². The number of fused-ring (bicyclic) bond motifs is 2. The fourth-order valence-electron chi connectivity index (χ4n) is 10.1. The van der Waals surface area contributed by atoms with Crippen molar-refractivity contribution in [2.45, 2.75) is 76.7 Å². The molecule has 0 radical (unpaired) electrons. The van der Waals surface area contributed by atoms with E-state index in [0.29, 0.717) is 46.4 Å². The molecule has 3 saturated heterocycles. The molecule has 1 saturated carbocycles. The van der Waals surface area contributed by atoms with Crippen LogP contribution in [0.25, 0.3) is 32.9 Å². The highest BCUT2D eigenvalue weighted by atomic mass is 16.5. The lowest BCUT2D eigenvalue weighted by Crippen LogP contribution is -2.59. The maximum absolute atomic E-state index is 14.0. The minimum atomic E-state index is -1.31. The number of hydrogen-bond acceptors (Lipinski definition) is 11. The maximum atomic E-state index is 14.0. The summed E-state index contributed by atoms with van der Waals surface area (Å²) in [6.45, 7) is 9.86. The van der Waals surface area contributed by atoms with Gasteiger partial charge in [-0.1, -0.05) is 18.2 Å². The molecule has 3 N–H and O–H groups in total. The number of H-pyrrole nitrogens is 1. The van der Waals surface area contributed by atoms with E-state index < -0.39 is 11.6 Å². The molecule has 16 nitrogen and oxygen atoms in total. The van der Waals surface area contributed by atoms with E-state index in [1.165, 1.54) is 4.90 Å². The molecule has 3 atom stereocenters. The molecule has 10 rings (SSSR count). The number of nitrogens with one attached hydrogen (secondary N) is 2. The van der Waals surface area contributed by atoms with Gasteiger partial charge in [-0.25, -0.2) is 14.8 Å². The number of hydrogen-bond donors (Lipinski definition) is 3. The topological polar surface area (TPSA) is 182 Å². The van der Waals surface area contributed by atoms with Crippen LogP contribution in [0.4, 0.5) is 16.4 Å². The molecule has 4 aromatic heterocycles. The number of aliphatic hydroxyl groups excluding tert-OH is 1. The summed E-state index contributed by atoms with van der Waals surface area (Å²) in [5, 5.41) is 15.4. The molecule has 16 heteroatoms. The Labute approximate surface area is 382 Å². The predicted molar refractivity (Wildman–Crippen MR) is 251 cm³/mol. The summed E-state index contributed by atoms with van der Waals surface area (Å²) in [6, 6.07) is 16.9. The first-order valence-corrected chi connectivity index (χ1v) is 23.1. The van der Waals surface area contributed by atoms with Gasteiger partial charge in [0.2, 0.25) is 11.9 Å². The Morgan fingerprint density at radius 1 is 0.939 bits per heavy atom. The summed E-state index contributed by atoms with van der Waals surface area (Å²) in [5.74, 6) is 0.656. The Balaban J connectivity index is 0.884. The van der Waals surface area contributed by atoms with Crippen LogP contribution in [-0.4, -0.2) is 121 Å². The standard InChI is InChI=1S/C50H56N10O6/c1-30-7-8-35(23-42(30)59-21-16-43(62)54-49(59)65)46(63)60-26-31(2)58(25-32(60)3)27-33-14-19-57(20-15-33)48-53-41-12-9-34(40-28-56(4)47(64)44-38(40)13-18-52-44)22-39(41)45(55-48)50(29-61,66-37-10-11-37)36-6-5-17-51-24-36/h5-9,12-13,17-18,22-24,28,31-33,37,52,61H,10-11,14-16,19-21,25-27,29H2,1-4H3,(H,54,62,65)/t31-,32+,50?/m0/s1. The molecule has 6 aromatic rings. The number of pyridine rings is 2. The van der Waals surface area contributed by atoms with Crippen molar-refractivity contribution < 1.29 is 24.2 Å². The number of piperidine rings is 1. The first kappa shape index (κ1) is 43.4. The number of aromatic nitrogens is 5. The van der Waals surface area contributed by atoms with Gasteiger partial charge in [-0.05, 0) is 99.9 Å². The number of urea groups is 1. The van der Waals surface area contributed by atoms with Crippen LogP contribution in [0.1, 0.15) is 73.1 Å². The number of rotatable bonds is 11. The molecular weight excluding hydrogens is 837 g/mol. The number of carbonyl (C=O) groups is 3. The van der Waals surface area contributed by atoms with Crippen molar-refractivity contribution in [1.82, 2.24) is 39.6 Å². The molecule has 1 aliphatic carbocycles. The third-order valence-corrected chi connectivity index (χ3v) is 14.1. The van der Waals surface area contributed by atoms with Gasteiger partial charge in [-0.2, -0.15) is 0 Å². The third kappa shape index (κ3) is 8.00. The molecular formula is C50H56N10O6. The van der Waals surface area contributed by atoms with Crippen molar-refractivity contribution >= 4 is 51.3 Å². The van der Waals surface area contributed by atoms with Crippen LogP contribution < -0.4 is 20.7 Å². The number of aryl methyl sites for hydroxylation is 2. The molecule has 2 aromatic carbocycles. The second-order valence-electron chi connectivity index (χ2n) is 18.7. The Bertz CT molecular complexity index is 2910. The number of amides is 4. The molecule has 7 heterocycles. The van der Waals surface area contributed by atoms with Crippen molar-refractivity contribution in [3.8, 4) is 11.1 Å². The summed E-state index contributed by atoms with van der Waals surface area (Å²) in [6.07, 6.45) is 10.9. The fourth-order valence-corrected chi connectivity index (χ4v) is 10.1. The van der Waals surface area contributed by atoms with Crippen LogP contribution in [0, 0.1) is 12.8 Å². The van der Waals surface area contributed by atoms with Gasteiger partial charge in [0.15, 0.2) is 5.60 Å². The summed E-state index contributed by atoms with van der Waals surface area (Å²) >= 11 is 0. The zero-order chi connectivity index (χ0) is 45.9. The number of carbonyl (C=O) groups excluding carboxylic acids is 3. The number of ether oxygens (including phenoxy) is 1. The predicted octanol–water partition coefficient (Wildman–Crippen LogP) is 5.49. The Morgan fingerprint density at radius 2 is 1.76 bits per heavy atom. The third-order valence-electron chi connectivity index (χ3n) is 14.1. The number of aliphatic hydroxyl groups is 1. The molecule has 0 spiro atoms. The normalized spacial score (nSPS) is 20.8. The molecule has 342 valence electrons. The first-order valence-electron chi connectivity index (χ1n) is 23.1. The largest absolute Gasteiger partial charge is 0.393 e. The zero-order valence-electron chi connectivity index (χ0n) is 37.9. The van der Waals surface area contributed by atoms with E-state index in [1.54, 1.807) is 36.3 Å². The monoisotopic (exact) mass is 892 g/mol. The molecule has 1 unspecified atom stereocenters. The second-order valence-corrected chi connectivity index (χ2v) is 18.7. The number of nitrogens with zero attached hydrogens (tertiary/aromatic N) is 8. The number of imide groups is 1. The second kappa shape index (κ2) is 17.4. The van der Waals surface area contributed by atoms with Crippen molar-refractivity contribution in [2.75, 3.05) is 55.7 Å². The van der Waals surface area contributed by atoms with Crippen molar-refractivity contribution in [2.24, 2.45) is 13.0 Å². The van der Waals surface area contributed by atoms with Crippen molar-refractivity contribution in [3.63, 3.8) is 0 Å². The molecule has 3 aliphatic heterocycles. The Hall–Kier alpha value is -6.49. The zero-order valence-corrected chi connectivity index (χ0v) is 37.9. The summed E-state index contributed by atoms with van der Waals surface area (Å²) < 4.78 is 8.45. The van der Waals surface area contributed by atoms with Gasteiger partial charge < -0.3 is 29.2 Å². The highest BCUT2D eigenvalue weighted by molar-refractivity contribution is 6.07. The van der Waals surface area contributed by atoms with Gasteiger partial charge in [0.25, 0.3) is 11.5 Å². The van der Waals surface area contributed by atoms with Crippen molar-refractivity contribution in [1.29, 1.82) is 0 Å². The van der Waals surface area contributed by atoms with E-state index >= 15 is 0 Å². The van der Waals surface area contributed by atoms with E-state index in [9.17, 15) is 24.3 Å². The first-order chi connectivity index (χ1) is 31.9. The lowest BCUT2D eigenvalue weighted by atomic mass is 9.88. The summed E-state index contributed by atoms with van der Waals surface area (Å²) in [7, 11) is 1.75. The fraction of sp³-hybridized carbons (Fsp3) is 0.420. The minimum Gasteiger partial charge on any atom is -0.393 e. The highest BCUT2D eigenvalue weighted by Crippen LogP contribution is 2.43. The van der Waals surface area contributed by atoms with Crippen LogP contribution in [0.15, 0.2) is 84.2 Å². The van der Waals surface area contributed by atoms with Crippen LogP contribution in [-0.2, 0) is 22.2 Å². The summed E-state index contributed by atoms with van der Waals surface area (Å²) in [5.41, 5.74) is 4.92. The smallest absolute Gasteiger partial charge is 0.328 e.